The van der Waals surface area contributed by atoms with Crippen molar-refractivity contribution in [1.29, 1.82) is 0 Å². The fourth-order valence-electron chi connectivity index (χ4n) is 2.14. The predicted octanol–water partition coefficient (Wildman–Crippen LogP) is 2.67. The van der Waals surface area contributed by atoms with Gasteiger partial charge in [-0.3, -0.25) is 4.98 Å². The van der Waals surface area contributed by atoms with E-state index in [1.54, 1.807) is 6.20 Å². The maximum Gasteiger partial charge on any atom is 0.0892 e. The molecule has 1 aliphatic rings. The summed E-state index contributed by atoms with van der Waals surface area (Å²) in [5.74, 6) is 0. The van der Waals surface area contributed by atoms with E-state index in [2.05, 4.69) is 41.0 Å². The largest absolute Gasteiger partial charge is 0.328 e. The maximum atomic E-state index is 4.73. The molecule has 0 fully saturated rings. The summed E-state index contributed by atoms with van der Waals surface area (Å²) in [6, 6.07) is 10.0. The van der Waals surface area contributed by atoms with E-state index in [-0.39, 0.29) is 6.04 Å². The highest BCUT2D eigenvalue weighted by molar-refractivity contribution is 5.55. The minimum absolute atomic E-state index is 0.0346. The average Bonchev–Trinajstić information content (AvgIpc) is 2.77. The molecule has 0 saturated carbocycles. The third kappa shape index (κ3) is 2.75. The van der Waals surface area contributed by atoms with Gasteiger partial charge in [0.15, 0.2) is 0 Å². The van der Waals surface area contributed by atoms with Crippen LogP contribution in [0.4, 0.5) is 0 Å². The first-order chi connectivity index (χ1) is 9.83. The minimum atomic E-state index is 0.0346. The number of pyridine rings is 2. The van der Waals surface area contributed by atoms with Crippen LogP contribution in [0.3, 0.4) is 0 Å². The van der Waals surface area contributed by atoms with Gasteiger partial charge >= 0.3 is 0 Å². The van der Waals surface area contributed by atoms with Crippen LogP contribution >= 0.6 is 0 Å². The van der Waals surface area contributed by atoms with Crippen molar-refractivity contribution in [3.05, 3.63) is 72.2 Å². The number of hydrogen-bond acceptors (Lipinski definition) is 4. The summed E-state index contributed by atoms with van der Waals surface area (Å²) in [6.45, 7) is 2.07. The van der Waals surface area contributed by atoms with E-state index < -0.39 is 0 Å². The average molecular weight is 264 g/mol. The molecule has 3 rings (SSSR count). The second-order valence-electron chi connectivity index (χ2n) is 4.68. The van der Waals surface area contributed by atoms with Crippen molar-refractivity contribution in [1.82, 2.24) is 20.8 Å². The van der Waals surface area contributed by atoms with Crippen LogP contribution in [0, 0.1) is 6.92 Å². The molecule has 0 radical (unpaired) electrons. The molecule has 1 unspecified atom stereocenters. The molecule has 2 aromatic heterocycles. The molecule has 0 spiro atoms. The Bertz CT molecular complexity index is 647. The summed E-state index contributed by atoms with van der Waals surface area (Å²) in [7, 11) is 0. The first-order valence-corrected chi connectivity index (χ1v) is 6.57. The Hall–Kier alpha value is -2.46. The Morgan fingerprint density at radius 2 is 2.05 bits per heavy atom. The van der Waals surface area contributed by atoms with Crippen molar-refractivity contribution in [3.8, 4) is 11.4 Å². The van der Waals surface area contributed by atoms with Gasteiger partial charge < -0.3 is 5.43 Å². The number of hydrogen-bond donors (Lipinski definition) is 2. The van der Waals surface area contributed by atoms with Gasteiger partial charge in [-0.25, -0.2) is 10.4 Å². The van der Waals surface area contributed by atoms with Crippen molar-refractivity contribution < 1.29 is 0 Å². The number of aryl methyl sites for hydroxylation is 1. The lowest BCUT2D eigenvalue weighted by molar-refractivity contribution is 0.559. The summed E-state index contributed by atoms with van der Waals surface area (Å²) in [5.41, 5.74) is 10.1. The molecule has 2 N–H and O–H groups in total. The number of rotatable bonds is 2. The van der Waals surface area contributed by atoms with Crippen molar-refractivity contribution in [2.24, 2.45) is 0 Å². The molecule has 0 saturated heterocycles. The SMILES string of the molecule is Cc1cc(-c2ccccn2)nc(C2C=CC=CNN2)c1. The van der Waals surface area contributed by atoms with E-state index in [9.17, 15) is 0 Å². The number of nitrogens with zero attached hydrogens (tertiary/aromatic N) is 2. The molecule has 1 atom stereocenters. The van der Waals surface area contributed by atoms with Crippen molar-refractivity contribution >= 4 is 0 Å². The molecular weight excluding hydrogens is 248 g/mol. The standard InChI is InChI=1S/C16H16N4/c1-12-10-15(13-6-2-4-8-17-13)19-16(11-12)14-7-3-5-9-18-20-14/h2-11,14,18,20H,1H3. The molecule has 20 heavy (non-hydrogen) atoms. The summed E-state index contributed by atoms with van der Waals surface area (Å²) in [6.07, 6.45) is 9.66. The molecule has 0 aliphatic carbocycles. The van der Waals surface area contributed by atoms with Gasteiger partial charge in [-0.2, -0.15) is 0 Å². The number of aromatic nitrogens is 2. The normalized spacial score (nSPS) is 17.6. The van der Waals surface area contributed by atoms with Gasteiger partial charge in [0.2, 0.25) is 0 Å². The van der Waals surface area contributed by atoms with E-state index >= 15 is 0 Å². The predicted molar refractivity (Wildman–Crippen MR) is 79.5 cm³/mol. The zero-order valence-corrected chi connectivity index (χ0v) is 11.2. The smallest absolute Gasteiger partial charge is 0.0892 e. The van der Waals surface area contributed by atoms with Crippen LogP contribution < -0.4 is 10.9 Å². The molecule has 4 nitrogen and oxygen atoms in total. The van der Waals surface area contributed by atoms with E-state index in [0.717, 1.165) is 17.1 Å². The minimum Gasteiger partial charge on any atom is -0.328 e. The maximum absolute atomic E-state index is 4.73. The molecule has 3 heterocycles. The summed E-state index contributed by atoms with van der Waals surface area (Å²) >= 11 is 0. The monoisotopic (exact) mass is 264 g/mol. The van der Waals surface area contributed by atoms with E-state index in [4.69, 9.17) is 4.98 Å². The number of allylic oxidation sites excluding steroid dienone is 2. The van der Waals surface area contributed by atoms with Gasteiger partial charge in [0.25, 0.3) is 0 Å². The van der Waals surface area contributed by atoms with Crippen LogP contribution in [0.25, 0.3) is 11.4 Å². The molecule has 100 valence electrons. The lowest BCUT2D eigenvalue weighted by atomic mass is 10.1. The first kappa shape index (κ1) is 12.6. The van der Waals surface area contributed by atoms with Crippen LogP contribution in [0.5, 0.6) is 0 Å². The van der Waals surface area contributed by atoms with Crippen LogP contribution in [-0.2, 0) is 0 Å². The van der Waals surface area contributed by atoms with Crippen LogP contribution in [0.2, 0.25) is 0 Å². The van der Waals surface area contributed by atoms with Gasteiger partial charge in [-0.05, 0) is 42.8 Å². The van der Waals surface area contributed by atoms with Crippen molar-refractivity contribution in [2.45, 2.75) is 13.0 Å². The molecular formula is C16H16N4. The zero-order valence-electron chi connectivity index (χ0n) is 11.2. The second kappa shape index (κ2) is 5.67. The number of nitrogens with one attached hydrogen (secondary N) is 2. The van der Waals surface area contributed by atoms with Gasteiger partial charge in [0.1, 0.15) is 0 Å². The Morgan fingerprint density at radius 1 is 1.10 bits per heavy atom. The van der Waals surface area contributed by atoms with Gasteiger partial charge in [0.05, 0.1) is 23.1 Å². The van der Waals surface area contributed by atoms with E-state index in [1.165, 1.54) is 5.56 Å². The molecule has 2 aromatic rings. The highest BCUT2D eigenvalue weighted by atomic mass is 15.4. The van der Waals surface area contributed by atoms with Crippen molar-refractivity contribution in [2.75, 3.05) is 0 Å². The fraction of sp³-hybridized carbons (Fsp3) is 0.125. The Morgan fingerprint density at radius 3 is 2.90 bits per heavy atom. The van der Waals surface area contributed by atoms with Crippen LogP contribution in [-0.4, -0.2) is 9.97 Å². The summed E-state index contributed by atoms with van der Waals surface area (Å²) in [4.78, 5) is 9.09. The highest BCUT2D eigenvalue weighted by Gasteiger charge is 2.12. The number of hydrazine groups is 1. The quantitative estimate of drug-likeness (QED) is 0.875. The van der Waals surface area contributed by atoms with E-state index in [0.29, 0.717) is 0 Å². The highest BCUT2D eigenvalue weighted by Crippen LogP contribution is 2.21. The fourth-order valence-corrected chi connectivity index (χ4v) is 2.14. The van der Waals surface area contributed by atoms with Crippen LogP contribution in [0.15, 0.2) is 61.0 Å². The molecule has 0 amide bonds. The van der Waals surface area contributed by atoms with Gasteiger partial charge in [0, 0.05) is 12.4 Å². The molecule has 0 aromatic carbocycles. The summed E-state index contributed by atoms with van der Waals surface area (Å²) in [5, 5.41) is 0. The lowest BCUT2D eigenvalue weighted by Crippen LogP contribution is -2.30. The Labute approximate surface area is 118 Å². The zero-order chi connectivity index (χ0) is 13.8. The van der Waals surface area contributed by atoms with Gasteiger partial charge in [-0.15, -0.1) is 0 Å². The lowest BCUT2D eigenvalue weighted by Gasteiger charge is -2.15. The van der Waals surface area contributed by atoms with E-state index in [1.807, 2.05) is 36.6 Å². The summed E-state index contributed by atoms with van der Waals surface area (Å²) < 4.78 is 0. The Balaban J connectivity index is 1.98. The second-order valence-corrected chi connectivity index (χ2v) is 4.68. The third-order valence-electron chi connectivity index (χ3n) is 3.07. The van der Waals surface area contributed by atoms with Crippen molar-refractivity contribution in [3.63, 3.8) is 0 Å². The van der Waals surface area contributed by atoms with Crippen LogP contribution in [0.1, 0.15) is 17.3 Å². The van der Waals surface area contributed by atoms with Gasteiger partial charge in [-0.1, -0.05) is 18.2 Å². The molecule has 1 aliphatic heterocycles. The molecule has 0 bridgehead atoms. The molecule has 4 heteroatoms. The first-order valence-electron chi connectivity index (χ1n) is 6.57. The topological polar surface area (TPSA) is 49.8 Å². The third-order valence-corrected chi connectivity index (χ3v) is 3.07. The Kier molecular flexibility index (Phi) is 3.56.